The van der Waals surface area contributed by atoms with Crippen LogP contribution in [-0.4, -0.2) is 43.9 Å². The van der Waals surface area contributed by atoms with Gasteiger partial charge in [-0.3, -0.25) is 4.79 Å². The summed E-state index contributed by atoms with van der Waals surface area (Å²) >= 11 is 0. The zero-order valence-electron chi connectivity index (χ0n) is 14.4. The van der Waals surface area contributed by atoms with Crippen LogP contribution in [0.1, 0.15) is 63.7 Å². The lowest BCUT2D eigenvalue weighted by Crippen LogP contribution is -2.46. The number of aromatic nitrogens is 2. The number of fused-ring (bicyclic) bond motifs is 2. The Bertz CT molecular complexity index is 865. The van der Waals surface area contributed by atoms with E-state index in [9.17, 15) is 19.1 Å². The third-order valence-corrected chi connectivity index (χ3v) is 5.68. The Kier molecular flexibility index (Phi) is 4.01. The Labute approximate surface area is 150 Å². The van der Waals surface area contributed by atoms with Crippen molar-refractivity contribution in [3.63, 3.8) is 0 Å². The fraction of sp³-hybridized carbons (Fsp3) is 0.421. The number of carboxylic acids is 1. The zero-order valence-corrected chi connectivity index (χ0v) is 14.4. The fourth-order valence-corrected chi connectivity index (χ4v) is 4.44. The average Bonchev–Trinajstić information content (AvgIpc) is 3.20. The van der Waals surface area contributed by atoms with Crippen molar-refractivity contribution in [2.24, 2.45) is 0 Å². The van der Waals surface area contributed by atoms with Crippen LogP contribution in [0.2, 0.25) is 0 Å². The van der Waals surface area contributed by atoms with E-state index < -0.39 is 5.97 Å². The molecule has 7 heteroatoms. The van der Waals surface area contributed by atoms with Crippen molar-refractivity contribution in [2.75, 3.05) is 0 Å². The van der Waals surface area contributed by atoms with Gasteiger partial charge in [0.1, 0.15) is 5.82 Å². The second-order valence-corrected chi connectivity index (χ2v) is 7.21. The van der Waals surface area contributed by atoms with Crippen molar-refractivity contribution in [1.82, 2.24) is 14.9 Å². The molecule has 2 fully saturated rings. The molecular weight excluding hydrogens is 337 g/mol. The van der Waals surface area contributed by atoms with Gasteiger partial charge in [0.25, 0.3) is 5.91 Å². The minimum Gasteiger partial charge on any atom is -0.477 e. The van der Waals surface area contributed by atoms with Crippen LogP contribution in [0.25, 0.3) is 0 Å². The predicted molar refractivity (Wildman–Crippen MR) is 91.6 cm³/mol. The maximum Gasteiger partial charge on any atom is 0.354 e. The van der Waals surface area contributed by atoms with Crippen molar-refractivity contribution in [2.45, 2.75) is 50.6 Å². The highest BCUT2D eigenvalue weighted by molar-refractivity contribution is 6.02. The van der Waals surface area contributed by atoms with Gasteiger partial charge in [-0.15, -0.1) is 0 Å². The summed E-state index contributed by atoms with van der Waals surface area (Å²) in [6.07, 6.45) is 4.66. The Balaban J connectivity index is 1.57. The molecule has 1 unspecified atom stereocenters. The molecule has 0 spiro atoms. The molecule has 136 valence electrons. The van der Waals surface area contributed by atoms with Crippen molar-refractivity contribution in [1.29, 1.82) is 0 Å². The molecule has 1 aromatic heterocycles. The topological polar surface area (TPSA) is 86.3 Å². The second kappa shape index (κ2) is 6.23. The number of nitrogens with one attached hydrogen (secondary N) is 1. The minimum atomic E-state index is -1.19. The van der Waals surface area contributed by atoms with Crippen LogP contribution < -0.4 is 0 Å². The molecule has 2 aromatic rings. The number of carbonyl (C=O) groups is 2. The Morgan fingerprint density at radius 3 is 2.58 bits per heavy atom. The van der Waals surface area contributed by atoms with Crippen molar-refractivity contribution in [3.05, 3.63) is 52.9 Å². The van der Waals surface area contributed by atoms with Crippen LogP contribution in [0, 0.1) is 12.7 Å². The van der Waals surface area contributed by atoms with E-state index in [1.54, 1.807) is 6.92 Å². The summed E-state index contributed by atoms with van der Waals surface area (Å²) in [4.78, 5) is 32.5. The molecule has 3 heterocycles. The van der Waals surface area contributed by atoms with E-state index in [0.29, 0.717) is 5.56 Å². The van der Waals surface area contributed by atoms with E-state index in [4.69, 9.17) is 0 Å². The largest absolute Gasteiger partial charge is 0.477 e. The van der Waals surface area contributed by atoms with Crippen molar-refractivity contribution in [3.8, 4) is 0 Å². The molecular formula is C19H20FN3O3. The van der Waals surface area contributed by atoms with Crippen LogP contribution in [0.3, 0.4) is 0 Å². The van der Waals surface area contributed by atoms with Crippen LogP contribution >= 0.6 is 0 Å². The number of piperidine rings is 1. The third kappa shape index (κ3) is 2.67. The molecule has 3 atom stereocenters. The highest BCUT2D eigenvalue weighted by atomic mass is 19.1. The van der Waals surface area contributed by atoms with E-state index in [0.717, 1.165) is 31.2 Å². The van der Waals surface area contributed by atoms with Crippen molar-refractivity contribution >= 4 is 11.9 Å². The van der Waals surface area contributed by atoms with E-state index >= 15 is 0 Å². The molecule has 26 heavy (non-hydrogen) atoms. The quantitative estimate of drug-likeness (QED) is 0.884. The smallest absolute Gasteiger partial charge is 0.354 e. The number of benzene rings is 1. The number of aryl methyl sites for hydroxylation is 1. The van der Waals surface area contributed by atoms with Crippen LogP contribution in [0.15, 0.2) is 24.5 Å². The van der Waals surface area contributed by atoms with Gasteiger partial charge < -0.3 is 15.0 Å². The lowest BCUT2D eigenvalue weighted by atomic mass is 9.84. The molecule has 1 amide bonds. The first-order chi connectivity index (χ1) is 12.5. The number of hydrogen-bond donors (Lipinski definition) is 2. The standard InChI is InChI=1S/C19H20FN3O3/c1-10-6-11(2-5-15(10)20)12-7-13-3-4-14(8-12)23(13)18(24)16-17(19(25)26)22-9-21-16/h2,5-6,9,12-14H,3-4,7-8H2,1H3,(H,21,22)(H,25,26)/t12?,13-,14+. The monoisotopic (exact) mass is 357 g/mol. The number of carbonyl (C=O) groups excluding carboxylic acids is 1. The van der Waals surface area contributed by atoms with E-state index in [-0.39, 0.29) is 41.1 Å². The summed E-state index contributed by atoms with van der Waals surface area (Å²) in [6.45, 7) is 1.76. The van der Waals surface area contributed by atoms with Crippen LogP contribution in [0.5, 0.6) is 0 Å². The van der Waals surface area contributed by atoms with Crippen LogP contribution in [-0.2, 0) is 0 Å². The zero-order chi connectivity index (χ0) is 18.4. The lowest BCUT2D eigenvalue weighted by Gasteiger charge is -2.39. The molecule has 0 radical (unpaired) electrons. The molecule has 0 aliphatic carbocycles. The maximum absolute atomic E-state index is 13.5. The van der Waals surface area contributed by atoms with E-state index in [1.807, 2.05) is 17.0 Å². The van der Waals surface area contributed by atoms with Gasteiger partial charge in [-0.2, -0.15) is 0 Å². The van der Waals surface area contributed by atoms with Gasteiger partial charge in [0.05, 0.1) is 6.33 Å². The molecule has 2 aliphatic rings. The predicted octanol–water partition coefficient (Wildman–Crippen LogP) is 3.11. The number of carboxylic acid groups (broad SMARTS) is 1. The SMILES string of the molecule is Cc1cc(C2C[C@H]3CC[C@@H](C2)N3C(=O)c2nc[nH]c2C(=O)O)ccc1F. The molecule has 2 bridgehead atoms. The van der Waals surface area contributed by atoms with Gasteiger partial charge >= 0.3 is 5.97 Å². The summed E-state index contributed by atoms with van der Waals surface area (Å²) in [7, 11) is 0. The van der Waals surface area contributed by atoms with Gasteiger partial charge in [-0.05, 0) is 55.7 Å². The number of amides is 1. The Morgan fingerprint density at radius 1 is 1.27 bits per heavy atom. The molecule has 2 N–H and O–H groups in total. The second-order valence-electron chi connectivity index (χ2n) is 7.21. The highest BCUT2D eigenvalue weighted by Gasteiger charge is 2.45. The van der Waals surface area contributed by atoms with Gasteiger partial charge in [-0.25, -0.2) is 14.2 Å². The first-order valence-electron chi connectivity index (χ1n) is 8.81. The number of halogens is 1. The number of aromatic amines is 1. The first-order valence-corrected chi connectivity index (χ1v) is 8.81. The fourth-order valence-electron chi connectivity index (χ4n) is 4.44. The number of nitrogens with zero attached hydrogens (tertiary/aromatic N) is 2. The Hall–Kier alpha value is -2.70. The number of hydrogen-bond acceptors (Lipinski definition) is 3. The maximum atomic E-state index is 13.5. The summed E-state index contributed by atoms with van der Waals surface area (Å²) < 4.78 is 13.5. The van der Waals surface area contributed by atoms with E-state index in [1.165, 1.54) is 12.4 Å². The summed E-state index contributed by atoms with van der Waals surface area (Å²) in [5.74, 6) is -1.42. The molecule has 6 nitrogen and oxygen atoms in total. The van der Waals surface area contributed by atoms with Gasteiger partial charge in [0.15, 0.2) is 11.4 Å². The summed E-state index contributed by atoms with van der Waals surface area (Å²) in [5, 5.41) is 9.22. The first kappa shape index (κ1) is 16.8. The van der Waals surface area contributed by atoms with Crippen molar-refractivity contribution < 1.29 is 19.1 Å². The number of rotatable bonds is 3. The minimum absolute atomic E-state index is 0.0227. The number of aromatic carboxylic acids is 1. The van der Waals surface area contributed by atoms with Gasteiger partial charge in [-0.1, -0.05) is 12.1 Å². The van der Waals surface area contributed by atoms with Crippen LogP contribution in [0.4, 0.5) is 4.39 Å². The van der Waals surface area contributed by atoms with Gasteiger partial charge in [0, 0.05) is 12.1 Å². The van der Waals surface area contributed by atoms with E-state index in [2.05, 4.69) is 9.97 Å². The molecule has 2 aliphatic heterocycles. The summed E-state index contributed by atoms with van der Waals surface area (Å²) in [6, 6.07) is 5.37. The summed E-state index contributed by atoms with van der Waals surface area (Å²) in [5.41, 5.74) is 1.56. The Morgan fingerprint density at radius 2 is 1.96 bits per heavy atom. The third-order valence-electron chi connectivity index (χ3n) is 5.68. The molecule has 2 saturated heterocycles. The normalized spacial score (nSPS) is 24.7. The number of H-pyrrole nitrogens is 1. The van der Waals surface area contributed by atoms with Gasteiger partial charge in [0.2, 0.25) is 0 Å². The average molecular weight is 357 g/mol. The molecule has 1 aromatic carbocycles. The molecule has 4 rings (SSSR count). The molecule has 0 saturated carbocycles. The number of imidazole rings is 1. The lowest BCUT2D eigenvalue weighted by molar-refractivity contribution is 0.0551. The highest BCUT2D eigenvalue weighted by Crippen LogP contribution is 2.43.